The van der Waals surface area contributed by atoms with E-state index in [9.17, 15) is 19.5 Å². The van der Waals surface area contributed by atoms with Crippen molar-refractivity contribution < 1.29 is 24.2 Å². The normalized spacial score (nSPS) is 29.3. The first-order valence-electron chi connectivity index (χ1n) is 6.97. The predicted molar refractivity (Wildman–Crippen MR) is 72.7 cm³/mol. The van der Waals surface area contributed by atoms with Crippen molar-refractivity contribution in [2.45, 2.75) is 19.4 Å². The highest BCUT2D eigenvalue weighted by Crippen LogP contribution is 2.31. The molecule has 0 bridgehead atoms. The Morgan fingerprint density at radius 2 is 2.05 bits per heavy atom. The number of rotatable bonds is 2. The Balaban J connectivity index is 2.08. The molecule has 2 unspecified atom stereocenters. The second kappa shape index (κ2) is 5.88. The van der Waals surface area contributed by atoms with E-state index in [-0.39, 0.29) is 25.1 Å². The average Bonchev–Trinajstić information content (AvgIpc) is 2.89. The average molecular weight is 299 g/mol. The van der Waals surface area contributed by atoms with Gasteiger partial charge in [0.15, 0.2) is 0 Å². The van der Waals surface area contributed by atoms with Crippen LogP contribution in [-0.4, -0.2) is 78.8 Å². The second-order valence-electron chi connectivity index (χ2n) is 5.72. The molecule has 2 rings (SSSR count). The molecule has 0 aromatic carbocycles. The van der Waals surface area contributed by atoms with Crippen molar-refractivity contribution in [2.24, 2.45) is 5.41 Å². The molecule has 2 fully saturated rings. The van der Waals surface area contributed by atoms with E-state index < -0.39 is 17.4 Å². The van der Waals surface area contributed by atoms with Crippen LogP contribution < -0.4 is 5.32 Å². The van der Waals surface area contributed by atoms with Gasteiger partial charge >= 0.3 is 12.0 Å². The highest BCUT2D eigenvalue weighted by atomic mass is 16.5. The minimum atomic E-state index is -0.912. The number of morpholine rings is 1. The molecule has 8 heteroatoms. The third-order valence-corrected chi connectivity index (χ3v) is 4.18. The highest BCUT2D eigenvalue weighted by Gasteiger charge is 2.44. The van der Waals surface area contributed by atoms with Crippen LogP contribution in [0.2, 0.25) is 0 Å². The van der Waals surface area contributed by atoms with Gasteiger partial charge in [0.2, 0.25) is 5.91 Å². The molecule has 0 aliphatic carbocycles. The van der Waals surface area contributed by atoms with Gasteiger partial charge in [-0.1, -0.05) is 0 Å². The van der Waals surface area contributed by atoms with Crippen LogP contribution in [0.15, 0.2) is 0 Å². The Morgan fingerprint density at radius 3 is 2.62 bits per heavy atom. The number of nitrogens with zero attached hydrogens (tertiary/aromatic N) is 2. The van der Waals surface area contributed by atoms with Gasteiger partial charge in [-0.15, -0.1) is 0 Å². The van der Waals surface area contributed by atoms with Crippen LogP contribution in [0.5, 0.6) is 0 Å². The highest BCUT2D eigenvalue weighted by molar-refractivity contribution is 5.88. The SMILES string of the molecule is CNC(=O)C1COCCN1C(=O)N1CCC(C)(C(=O)O)C1. The first kappa shape index (κ1) is 15.6. The zero-order valence-electron chi connectivity index (χ0n) is 12.3. The minimum absolute atomic E-state index is 0.162. The van der Waals surface area contributed by atoms with E-state index >= 15 is 0 Å². The molecule has 2 saturated heterocycles. The number of amides is 3. The van der Waals surface area contributed by atoms with E-state index in [0.717, 1.165) is 0 Å². The van der Waals surface area contributed by atoms with Crippen molar-refractivity contribution >= 4 is 17.9 Å². The van der Waals surface area contributed by atoms with Gasteiger partial charge in [-0.2, -0.15) is 0 Å². The lowest BCUT2D eigenvalue weighted by atomic mass is 9.90. The summed E-state index contributed by atoms with van der Waals surface area (Å²) in [6.45, 7) is 3.06. The van der Waals surface area contributed by atoms with E-state index in [1.165, 1.54) is 16.8 Å². The molecule has 118 valence electrons. The molecule has 2 atom stereocenters. The zero-order valence-corrected chi connectivity index (χ0v) is 12.3. The summed E-state index contributed by atoms with van der Waals surface area (Å²) >= 11 is 0. The van der Waals surface area contributed by atoms with E-state index in [1.807, 2.05) is 0 Å². The number of likely N-dealkylation sites (N-methyl/N-ethyl adjacent to an activating group) is 1. The summed E-state index contributed by atoms with van der Waals surface area (Å²) in [7, 11) is 1.51. The van der Waals surface area contributed by atoms with Crippen molar-refractivity contribution in [2.75, 3.05) is 39.9 Å². The Morgan fingerprint density at radius 1 is 1.33 bits per heavy atom. The first-order valence-corrected chi connectivity index (χ1v) is 6.97. The van der Waals surface area contributed by atoms with Crippen LogP contribution in [0.25, 0.3) is 0 Å². The maximum absolute atomic E-state index is 12.6. The number of carboxylic acids is 1. The third-order valence-electron chi connectivity index (χ3n) is 4.18. The number of nitrogens with one attached hydrogen (secondary N) is 1. The lowest BCUT2D eigenvalue weighted by Gasteiger charge is -2.37. The van der Waals surface area contributed by atoms with Crippen LogP contribution in [0.3, 0.4) is 0 Å². The van der Waals surface area contributed by atoms with Gasteiger partial charge in [-0.25, -0.2) is 4.79 Å². The molecule has 2 heterocycles. The fourth-order valence-electron chi connectivity index (χ4n) is 2.70. The fraction of sp³-hybridized carbons (Fsp3) is 0.769. The Bertz CT molecular complexity index is 455. The molecule has 3 amide bonds. The van der Waals surface area contributed by atoms with E-state index in [0.29, 0.717) is 26.1 Å². The topological polar surface area (TPSA) is 99.2 Å². The summed E-state index contributed by atoms with van der Waals surface area (Å²) in [4.78, 5) is 38.6. The summed E-state index contributed by atoms with van der Waals surface area (Å²) in [5.74, 6) is -1.18. The number of ether oxygens (including phenoxy) is 1. The van der Waals surface area contributed by atoms with Gasteiger partial charge < -0.3 is 25.0 Å². The Kier molecular flexibility index (Phi) is 4.36. The van der Waals surface area contributed by atoms with Crippen molar-refractivity contribution in [3.63, 3.8) is 0 Å². The molecule has 0 saturated carbocycles. The maximum Gasteiger partial charge on any atom is 0.320 e. The van der Waals surface area contributed by atoms with E-state index in [2.05, 4.69) is 5.32 Å². The summed E-state index contributed by atoms with van der Waals surface area (Å²) in [6, 6.07) is -0.954. The number of hydrogen-bond acceptors (Lipinski definition) is 4. The standard InChI is InChI=1S/C13H21N3O5/c1-13(11(18)19)3-4-15(8-13)12(20)16-5-6-21-7-9(16)10(17)14-2/h9H,3-8H2,1-2H3,(H,14,17)(H,18,19). The maximum atomic E-state index is 12.6. The van der Waals surface area contributed by atoms with Crippen molar-refractivity contribution in [1.82, 2.24) is 15.1 Å². The van der Waals surface area contributed by atoms with Crippen molar-refractivity contribution in [3.8, 4) is 0 Å². The summed E-state index contributed by atoms with van der Waals surface area (Å²) in [5, 5.41) is 11.7. The first-order chi connectivity index (χ1) is 9.89. The smallest absolute Gasteiger partial charge is 0.320 e. The minimum Gasteiger partial charge on any atom is -0.481 e. The summed E-state index contributed by atoms with van der Waals surface area (Å²) in [5.41, 5.74) is -0.912. The number of likely N-dealkylation sites (tertiary alicyclic amines) is 1. The zero-order chi connectivity index (χ0) is 15.6. The monoisotopic (exact) mass is 299 g/mol. The molecule has 21 heavy (non-hydrogen) atoms. The number of carbonyl (C=O) groups excluding carboxylic acids is 2. The Labute approximate surface area is 123 Å². The molecule has 0 radical (unpaired) electrons. The number of aliphatic carboxylic acids is 1. The Hall–Kier alpha value is -1.83. The number of carboxylic acid groups (broad SMARTS) is 1. The number of carbonyl (C=O) groups is 3. The molecule has 0 spiro atoms. The van der Waals surface area contributed by atoms with E-state index in [1.54, 1.807) is 6.92 Å². The molecule has 2 N–H and O–H groups in total. The van der Waals surface area contributed by atoms with Crippen LogP contribution in [0, 0.1) is 5.41 Å². The molecule has 0 aromatic rings. The molecular weight excluding hydrogens is 278 g/mol. The second-order valence-corrected chi connectivity index (χ2v) is 5.72. The molecule has 2 aliphatic heterocycles. The lowest BCUT2D eigenvalue weighted by molar-refractivity contribution is -0.147. The van der Waals surface area contributed by atoms with Crippen molar-refractivity contribution in [3.05, 3.63) is 0 Å². The largest absolute Gasteiger partial charge is 0.481 e. The molecule has 2 aliphatic rings. The summed E-state index contributed by atoms with van der Waals surface area (Å²) in [6.07, 6.45) is 0.420. The van der Waals surface area contributed by atoms with E-state index in [4.69, 9.17) is 4.74 Å². The van der Waals surface area contributed by atoms with Gasteiger partial charge in [0.05, 0.1) is 18.6 Å². The van der Waals surface area contributed by atoms with Gasteiger partial charge in [-0.3, -0.25) is 9.59 Å². The summed E-state index contributed by atoms with van der Waals surface area (Å²) < 4.78 is 5.26. The van der Waals surface area contributed by atoms with Crippen LogP contribution in [-0.2, 0) is 14.3 Å². The van der Waals surface area contributed by atoms with Crippen molar-refractivity contribution in [1.29, 1.82) is 0 Å². The quantitative estimate of drug-likeness (QED) is 0.706. The molecular formula is C13H21N3O5. The number of urea groups is 1. The lowest BCUT2D eigenvalue weighted by Crippen LogP contribution is -2.58. The predicted octanol–water partition coefficient (Wildman–Crippen LogP) is -0.650. The van der Waals surface area contributed by atoms with Gasteiger partial charge in [-0.05, 0) is 13.3 Å². The van der Waals surface area contributed by atoms with Gasteiger partial charge in [0.25, 0.3) is 0 Å². The van der Waals surface area contributed by atoms with Crippen LogP contribution in [0.1, 0.15) is 13.3 Å². The van der Waals surface area contributed by atoms with Crippen LogP contribution >= 0.6 is 0 Å². The van der Waals surface area contributed by atoms with Gasteiger partial charge in [0, 0.05) is 26.7 Å². The number of hydrogen-bond donors (Lipinski definition) is 2. The molecule has 0 aromatic heterocycles. The van der Waals surface area contributed by atoms with Crippen LogP contribution in [0.4, 0.5) is 4.79 Å². The molecule has 8 nitrogen and oxygen atoms in total. The van der Waals surface area contributed by atoms with Gasteiger partial charge in [0.1, 0.15) is 6.04 Å². The fourth-order valence-corrected chi connectivity index (χ4v) is 2.70. The third kappa shape index (κ3) is 2.94.